The molecule has 1 aromatic rings. The lowest BCUT2D eigenvalue weighted by Gasteiger charge is -2.45. The van der Waals surface area contributed by atoms with Crippen LogP contribution in [0.5, 0.6) is 0 Å². The van der Waals surface area contributed by atoms with Crippen LogP contribution in [0.1, 0.15) is 33.6 Å². The number of nitrogens with one attached hydrogen (secondary N) is 1. The second kappa shape index (κ2) is 6.16. The molecule has 0 fully saturated rings. The van der Waals surface area contributed by atoms with E-state index in [1.807, 2.05) is 43.0 Å². The Morgan fingerprint density at radius 1 is 1.29 bits per heavy atom. The molecule has 5 nitrogen and oxygen atoms in total. The summed E-state index contributed by atoms with van der Waals surface area (Å²) in [5.74, 6) is -0.788. The number of para-hydroxylation sites is 2. The molecule has 1 amide bonds. The third-order valence-electron chi connectivity index (χ3n) is 3.85. The smallest absolute Gasteiger partial charge is 0.341 e. The first-order valence-corrected chi connectivity index (χ1v) is 7.47. The van der Waals surface area contributed by atoms with E-state index in [1.165, 1.54) is 0 Å². The lowest BCUT2D eigenvalue weighted by atomic mass is 9.88. The lowest BCUT2D eigenvalue weighted by Crippen LogP contribution is -2.65. The van der Waals surface area contributed by atoms with Crippen molar-refractivity contribution in [2.75, 3.05) is 23.4 Å². The summed E-state index contributed by atoms with van der Waals surface area (Å²) in [6.07, 6.45) is 1.20. The number of hydrogen-bond acceptors (Lipinski definition) is 4. The molecule has 1 aliphatic rings. The molecule has 21 heavy (non-hydrogen) atoms. The molecule has 1 atom stereocenters. The number of carbonyl (C=O) groups excluding carboxylic acids is 2. The van der Waals surface area contributed by atoms with Crippen LogP contribution >= 0.6 is 0 Å². The van der Waals surface area contributed by atoms with Crippen molar-refractivity contribution in [2.24, 2.45) is 0 Å². The Labute approximate surface area is 125 Å². The van der Waals surface area contributed by atoms with Gasteiger partial charge in [0.05, 0.1) is 18.0 Å². The number of fused-ring (bicyclic) bond motifs is 1. The van der Waals surface area contributed by atoms with Crippen LogP contribution in [0.2, 0.25) is 0 Å². The largest absolute Gasteiger partial charge is 0.464 e. The van der Waals surface area contributed by atoms with Gasteiger partial charge in [-0.15, -0.1) is 0 Å². The van der Waals surface area contributed by atoms with E-state index in [0.717, 1.165) is 17.8 Å². The van der Waals surface area contributed by atoms with E-state index in [0.29, 0.717) is 13.0 Å². The molecule has 1 unspecified atom stereocenters. The normalized spacial score (nSPS) is 20.7. The number of nitrogens with zero attached hydrogens (tertiary/aromatic N) is 1. The Morgan fingerprint density at radius 2 is 2.00 bits per heavy atom. The highest BCUT2D eigenvalue weighted by molar-refractivity contribution is 6.19. The summed E-state index contributed by atoms with van der Waals surface area (Å²) in [4.78, 5) is 27.1. The summed E-state index contributed by atoms with van der Waals surface area (Å²) < 4.78 is 5.20. The van der Waals surface area contributed by atoms with Gasteiger partial charge in [-0.3, -0.25) is 4.79 Å². The maximum atomic E-state index is 12.7. The summed E-state index contributed by atoms with van der Waals surface area (Å²) in [5, 5.41) is 2.85. The molecule has 5 heteroatoms. The number of rotatable bonds is 5. The fourth-order valence-corrected chi connectivity index (χ4v) is 2.85. The SMILES string of the molecule is CCCN1c2ccccc2NC(=O)C1(CC)C(=O)OCC. The minimum atomic E-state index is -1.28. The van der Waals surface area contributed by atoms with Gasteiger partial charge < -0.3 is 15.0 Å². The number of hydrogen-bond donors (Lipinski definition) is 1. The molecule has 0 spiro atoms. The highest BCUT2D eigenvalue weighted by Gasteiger charge is 2.53. The molecule has 0 saturated carbocycles. The Hall–Kier alpha value is -2.04. The van der Waals surface area contributed by atoms with Crippen molar-refractivity contribution in [1.82, 2.24) is 0 Å². The number of esters is 1. The van der Waals surface area contributed by atoms with Crippen LogP contribution in [0.25, 0.3) is 0 Å². The molecule has 1 aromatic carbocycles. The van der Waals surface area contributed by atoms with E-state index < -0.39 is 11.5 Å². The second-order valence-corrected chi connectivity index (χ2v) is 5.06. The third kappa shape index (κ3) is 2.37. The maximum absolute atomic E-state index is 12.7. The molecule has 1 N–H and O–H groups in total. The predicted octanol–water partition coefficient (Wildman–Crippen LogP) is 2.57. The molecular formula is C16H22N2O3. The first-order chi connectivity index (χ1) is 10.1. The quantitative estimate of drug-likeness (QED) is 0.669. The van der Waals surface area contributed by atoms with Gasteiger partial charge in [0.25, 0.3) is 5.91 Å². The summed E-state index contributed by atoms with van der Waals surface area (Å²) in [5.41, 5.74) is 0.332. The molecule has 2 rings (SSSR count). The van der Waals surface area contributed by atoms with Gasteiger partial charge in [-0.25, -0.2) is 4.79 Å². The number of ether oxygens (including phenoxy) is 1. The third-order valence-corrected chi connectivity index (χ3v) is 3.85. The van der Waals surface area contributed by atoms with Crippen molar-refractivity contribution >= 4 is 23.3 Å². The van der Waals surface area contributed by atoms with Gasteiger partial charge in [-0.2, -0.15) is 0 Å². The Balaban J connectivity index is 2.57. The molecular weight excluding hydrogens is 268 g/mol. The average Bonchev–Trinajstić information content (AvgIpc) is 2.48. The van der Waals surface area contributed by atoms with Crippen molar-refractivity contribution in [3.8, 4) is 0 Å². The van der Waals surface area contributed by atoms with Crippen LogP contribution in [-0.2, 0) is 14.3 Å². The van der Waals surface area contributed by atoms with Crippen LogP contribution in [0.15, 0.2) is 24.3 Å². The molecule has 0 aliphatic carbocycles. The molecule has 0 bridgehead atoms. The van der Waals surface area contributed by atoms with Gasteiger partial charge in [0.15, 0.2) is 0 Å². The maximum Gasteiger partial charge on any atom is 0.341 e. The number of carbonyl (C=O) groups is 2. The van der Waals surface area contributed by atoms with E-state index in [9.17, 15) is 9.59 Å². The van der Waals surface area contributed by atoms with Crippen LogP contribution < -0.4 is 10.2 Å². The van der Waals surface area contributed by atoms with E-state index in [1.54, 1.807) is 6.92 Å². The van der Waals surface area contributed by atoms with Gasteiger partial charge in [-0.05, 0) is 31.9 Å². The van der Waals surface area contributed by atoms with Gasteiger partial charge in [0.2, 0.25) is 5.54 Å². The highest BCUT2D eigenvalue weighted by Crippen LogP contribution is 2.39. The van der Waals surface area contributed by atoms with Gasteiger partial charge in [-0.1, -0.05) is 26.0 Å². The minimum Gasteiger partial charge on any atom is -0.464 e. The summed E-state index contributed by atoms with van der Waals surface area (Å²) >= 11 is 0. The fourth-order valence-electron chi connectivity index (χ4n) is 2.85. The zero-order valence-electron chi connectivity index (χ0n) is 12.8. The molecule has 0 aromatic heterocycles. The lowest BCUT2D eigenvalue weighted by molar-refractivity contribution is -0.153. The monoisotopic (exact) mass is 290 g/mol. The Morgan fingerprint density at radius 3 is 2.62 bits per heavy atom. The van der Waals surface area contributed by atoms with Gasteiger partial charge in [0, 0.05) is 6.54 Å². The standard InChI is InChI=1S/C16H22N2O3/c1-4-11-18-13-10-8-7-9-12(13)17-14(19)16(18,5-2)15(20)21-6-3/h7-10H,4-6,11H2,1-3H3,(H,17,19). The number of anilines is 2. The van der Waals surface area contributed by atoms with Crippen LogP contribution in [0, 0.1) is 0 Å². The van der Waals surface area contributed by atoms with Crippen LogP contribution in [0.3, 0.4) is 0 Å². The van der Waals surface area contributed by atoms with Gasteiger partial charge >= 0.3 is 5.97 Å². The van der Waals surface area contributed by atoms with E-state index >= 15 is 0 Å². The highest BCUT2D eigenvalue weighted by atomic mass is 16.5. The van der Waals surface area contributed by atoms with E-state index in [-0.39, 0.29) is 12.5 Å². The number of benzene rings is 1. The van der Waals surface area contributed by atoms with E-state index in [4.69, 9.17) is 4.74 Å². The topological polar surface area (TPSA) is 58.6 Å². The Kier molecular flexibility index (Phi) is 4.50. The van der Waals surface area contributed by atoms with Crippen LogP contribution in [-0.4, -0.2) is 30.6 Å². The second-order valence-electron chi connectivity index (χ2n) is 5.06. The number of amides is 1. The van der Waals surface area contributed by atoms with Crippen molar-refractivity contribution < 1.29 is 14.3 Å². The van der Waals surface area contributed by atoms with E-state index in [2.05, 4.69) is 5.32 Å². The molecule has 0 radical (unpaired) electrons. The fraction of sp³-hybridized carbons (Fsp3) is 0.500. The first-order valence-electron chi connectivity index (χ1n) is 7.47. The zero-order valence-corrected chi connectivity index (χ0v) is 12.8. The summed E-state index contributed by atoms with van der Waals surface area (Å²) in [6, 6.07) is 7.55. The first kappa shape index (κ1) is 15.4. The molecule has 0 saturated heterocycles. The summed E-state index contributed by atoms with van der Waals surface area (Å²) in [7, 11) is 0. The minimum absolute atomic E-state index is 0.259. The van der Waals surface area contributed by atoms with Crippen LogP contribution in [0.4, 0.5) is 11.4 Å². The average molecular weight is 290 g/mol. The molecule has 114 valence electrons. The molecule has 1 aliphatic heterocycles. The van der Waals surface area contributed by atoms with Crippen molar-refractivity contribution in [3.05, 3.63) is 24.3 Å². The summed E-state index contributed by atoms with van der Waals surface area (Å²) in [6.45, 7) is 6.50. The zero-order chi connectivity index (χ0) is 15.5. The van der Waals surface area contributed by atoms with Gasteiger partial charge in [0.1, 0.15) is 0 Å². The Bertz CT molecular complexity index is 544. The van der Waals surface area contributed by atoms with Crippen molar-refractivity contribution in [2.45, 2.75) is 39.2 Å². The van der Waals surface area contributed by atoms with Crippen molar-refractivity contribution in [3.63, 3.8) is 0 Å². The predicted molar refractivity (Wildman–Crippen MR) is 82.4 cm³/mol. The van der Waals surface area contributed by atoms with Crippen molar-refractivity contribution in [1.29, 1.82) is 0 Å². The molecule has 1 heterocycles.